The van der Waals surface area contributed by atoms with Gasteiger partial charge in [0.2, 0.25) is 0 Å². The van der Waals surface area contributed by atoms with Gasteiger partial charge in [0.05, 0.1) is 0 Å². The molecule has 1 unspecified atom stereocenters. The molecule has 4 rings (SSSR count). The SMILES string of the molecule is CCCN1CCc2ccc(C(=O)C(C)(C)C)c3c2C1Cc1ccccc1-3. The van der Waals surface area contributed by atoms with Crippen molar-refractivity contribution in [3.63, 3.8) is 0 Å². The molecule has 2 aliphatic rings. The Balaban J connectivity index is 1.98. The summed E-state index contributed by atoms with van der Waals surface area (Å²) in [7, 11) is 0. The van der Waals surface area contributed by atoms with Crippen molar-refractivity contribution in [2.24, 2.45) is 5.41 Å². The van der Waals surface area contributed by atoms with Crippen molar-refractivity contribution < 1.29 is 4.79 Å². The molecule has 1 atom stereocenters. The summed E-state index contributed by atoms with van der Waals surface area (Å²) in [4.78, 5) is 15.9. The second-order valence-corrected chi connectivity index (χ2v) is 8.80. The molecule has 0 aromatic heterocycles. The molecular weight excluding hydrogens is 318 g/mol. The molecule has 0 radical (unpaired) electrons. The highest BCUT2D eigenvalue weighted by Gasteiger charge is 2.37. The third-order valence-corrected chi connectivity index (χ3v) is 5.91. The molecule has 0 saturated carbocycles. The molecule has 2 aromatic carbocycles. The maximum absolute atomic E-state index is 13.3. The average Bonchev–Trinajstić information content (AvgIpc) is 2.62. The van der Waals surface area contributed by atoms with Gasteiger partial charge in [-0.25, -0.2) is 0 Å². The highest BCUT2D eigenvalue weighted by Crippen LogP contribution is 2.47. The van der Waals surface area contributed by atoms with Crippen molar-refractivity contribution in [3.05, 3.63) is 58.7 Å². The van der Waals surface area contributed by atoms with E-state index in [4.69, 9.17) is 0 Å². The van der Waals surface area contributed by atoms with Crippen molar-refractivity contribution >= 4 is 5.78 Å². The number of rotatable bonds is 3. The Morgan fingerprint density at radius 2 is 1.88 bits per heavy atom. The Bertz CT molecular complexity index is 859. The average molecular weight is 348 g/mol. The summed E-state index contributed by atoms with van der Waals surface area (Å²) in [6, 6.07) is 13.4. The van der Waals surface area contributed by atoms with Crippen molar-refractivity contribution in [2.75, 3.05) is 13.1 Å². The molecular formula is C24H29NO. The van der Waals surface area contributed by atoms with Gasteiger partial charge in [-0.15, -0.1) is 0 Å². The van der Waals surface area contributed by atoms with E-state index in [1.54, 1.807) is 0 Å². The minimum absolute atomic E-state index is 0.248. The van der Waals surface area contributed by atoms with Gasteiger partial charge in [0.1, 0.15) is 0 Å². The van der Waals surface area contributed by atoms with Gasteiger partial charge in [-0.1, -0.05) is 64.1 Å². The van der Waals surface area contributed by atoms with Crippen molar-refractivity contribution in [1.82, 2.24) is 4.90 Å². The zero-order chi connectivity index (χ0) is 18.5. The summed E-state index contributed by atoms with van der Waals surface area (Å²) < 4.78 is 0. The van der Waals surface area contributed by atoms with Crippen LogP contribution in [0.15, 0.2) is 36.4 Å². The lowest BCUT2D eigenvalue weighted by Crippen LogP contribution is -2.39. The number of hydrogen-bond donors (Lipinski definition) is 0. The smallest absolute Gasteiger partial charge is 0.168 e. The van der Waals surface area contributed by atoms with Crippen molar-refractivity contribution in [1.29, 1.82) is 0 Å². The predicted octanol–water partition coefficient (Wildman–Crippen LogP) is 5.45. The summed E-state index contributed by atoms with van der Waals surface area (Å²) in [5.74, 6) is 0.248. The molecule has 0 fully saturated rings. The van der Waals surface area contributed by atoms with Gasteiger partial charge >= 0.3 is 0 Å². The second kappa shape index (κ2) is 6.35. The van der Waals surface area contributed by atoms with Gasteiger partial charge in [-0.3, -0.25) is 9.69 Å². The number of nitrogens with zero attached hydrogens (tertiary/aromatic N) is 1. The van der Waals surface area contributed by atoms with E-state index in [2.05, 4.69) is 48.2 Å². The van der Waals surface area contributed by atoms with E-state index in [0.717, 1.165) is 31.5 Å². The molecule has 26 heavy (non-hydrogen) atoms. The zero-order valence-electron chi connectivity index (χ0n) is 16.4. The third-order valence-electron chi connectivity index (χ3n) is 5.91. The molecule has 1 aliphatic carbocycles. The van der Waals surface area contributed by atoms with Crippen LogP contribution in [0.3, 0.4) is 0 Å². The third kappa shape index (κ3) is 2.72. The number of hydrogen-bond acceptors (Lipinski definition) is 2. The van der Waals surface area contributed by atoms with Gasteiger partial charge < -0.3 is 0 Å². The van der Waals surface area contributed by atoms with Gasteiger partial charge in [0.15, 0.2) is 5.78 Å². The van der Waals surface area contributed by atoms with Crippen LogP contribution in [0.1, 0.15) is 67.2 Å². The molecule has 0 amide bonds. The standard InChI is InChI=1S/C24H29NO/c1-5-13-25-14-12-16-10-11-19(23(26)24(2,3)4)22-18-9-7-6-8-17(18)15-20(25)21(16)22/h6-11,20H,5,12-15H2,1-4H3. The van der Waals surface area contributed by atoms with E-state index in [0.29, 0.717) is 6.04 Å². The zero-order valence-corrected chi connectivity index (χ0v) is 16.4. The summed E-state index contributed by atoms with van der Waals surface area (Å²) in [6.07, 6.45) is 3.32. The number of ketones is 1. The summed E-state index contributed by atoms with van der Waals surface area (Å²) >= 11 is 0. The lowest BCUT2D eigenvalue weighted by molar-refractivity contribution is 0.0858. The molecule has 0 bridgehead atoms. The molecule has 136 valence electrons. The molecule has 2 aromatic rings. The molecule has 2 heteroatoms. The summed E-state index contributed by atoms with van der Waals surface area (Å²) in [6.45, 7) is 10.6. The highest BCUT2D eigenvalue weighted by atomic mass is 16.1. The van der Waals surface area contributed by atoms with Crippen LogP contribution >= 0.6 is 0 Å². The van der Waals surface area contributed by atoms with Crippen LogP contribution in [0.5, 0.6) is 0 Å². The molecule has 2 nitrogen and oxygen atoms in total. The van der Waals surface area contributed by atoms with E-state index in [1.165, 1.54) is 34.2 Å². The topological polar surface area (TPSA) is 20.3 Å². The minimum Gasteiger partial charge on any atom is -0.296 e. The predicted molar refractivity (Wildman–Crippen MR) is 108 cm³/mol. The van der Waals surface area contributed by atoms with Gasteiger partial charge in [0, 0.05) is 23.6 Å². The Labute approximate surface area is 157 Å². The lowest BCUT2D eigenvalue weighted by atomic mass is 9.72. The van der Waals surface area contributed by atoms with Crippen LogP contribution in [0, 0.1) is 5.41 Å². The fraction of sp³-hybridized carbons (Fsp3) is 0.458. The van der Waals surface area contributed by atoms with E-state index < -0.39 is 0 Å². The van der Waals surface area contributed by atoms with E-state index >= 15 is 0 Å². The molecule has 0 saturated heterocycles. The highest BCUT2D eigenvalue weighted by molar-refractivity contribution is 6.06. The van der Waals surface area contributed by atoms with Crippen LogP contribution in [0.2, 0.25) is 0 Å². The fourth-order valence-electron chi connectivity index (χ4n) is 4.68. The monoisotopic (exact) mass is 347 g/mol. The normalized spacial score (nSPS) is 19.0. The Kier molecular flexibility index (Phi) is 4.27. The first kappa shape index (κ1) is 17.5. The Hall–Kier alpha value is -1.93. The van der Waals surface area contributed by atoms with Crippen molar-refractivity contribution in [3.8, 4) is 11.1 Å². The van der Waals surface area contributed by atoms with Gasteiger partial charge in [0.25, 0.3) is 0 Å². The second-order valence-electron chi connectivity index (χ2n) is 8.80. The Morgan fingerprint density at radius 3 is 2.62 bits per heavy atom. The van der Waals surface area contributed by atoms with Crippen LogP contribution in [-0.4, -0.2) is 23.8 Å². The van der Waals surface area contributed by atoms with Crippen LogP contribution < -0.4 is 0 Å². The lowest BCUT2D eigenvalue weighted by Gasteiger charge is -2.42. The quantitative estimate of drug-likeness (QED) is 0.688. The number of Topliss-reactive ketones (excluding diaryl/α,β-unsaturated/α-hetero) is 1. The number of carbonyl (C=O) groups excluding carboxylic acids is 1. The maximum atomic E-state index is 13.3. The number of fused-ring (bicyclic) bond motifs is 2. The number of carbonyl (C=O) groups is 1. The summed E-state index contributed by atoms with van der Waals surface area (Å²) in [5.41, 5.74) is 7.28. The van der Waals surface area contributed by atoms with Crippen LogP contribution in [0.25, 0.3) is 11.1 Å². The van der Waals surface area contributed by atoms with Gasteiger partial charge in [-0.05, 0) is 53.6 Å². The first-order chi connectivity index (χ1) is 12.4. The maximum Gasteiger partial charge on any atom is 0.168 e. The van der Waals surface area contributed by atoms with E-state index in [1.807, 2.05) is 20.8 Å². The van der Waals surface area contributed by atoms with Crippen molar-refractivity contribution in [2.45, 2.75) is 53.0 Å². The number of benzene rings is 2. The molecule has 1 aliphatic heterocycles. The van der Waals surface area contributed by atoms with E-state index in [9.17, 15) is 4.79 Å². The largest absolute Gasteiger partial charge is 0.296 e. The fourth-order valence-corrected chi connectivity index (χ4v) is 4.68. The molecule has 1 heterocycles. The first-order valence-corrected chi connectivity index (χ1v) is 9.94. The first-order valence-electron chi connectivity index (χ1n) is 9.94. The van der Waals surface area contributed by atoms with Gasteiger partial charge in [-0.2, -0.15) is 0 Å². The van der Waals surface area contributed by atoms with Crippen LogP contribution in [0.4, 0.5) is 0 Å². The molecule has 0 spiro atoms. The van der Waals surface area contributed by atoms with Crippen LogP contribution in [-0.2, 0) is 12.8 Å². The molecule has 0 N–H and O–H groups in total. The summed E-state index contributed by atoms with van der Waals surface area (Å²) in [5, 5.41) is 0. The Morgan fingerprint density at radius 1 is 1.12 bits per heavy atom. The minimum atomic E-state index is -0.371. The van der Waals surface area contributed by atoms with E-state index in [-0.39, 0.29) is 11.2 Å².